The Labute approximate surface area is 182 Å². The number of alkyl halides is 6. The highest BCUT2D eigenvalue weighted by atomic mass is 32.2. The molecule has 0 amide bonds. The maximum absolute atomic E-state index is 13.5. The second-order valence-corrected chi connectivity index (χ2v) is 7.57. The number of rotatable bonds is 4. The summed E-state index contributed by atoms with van der Waals surface area (Å²) in [6.07, 6.45) is -8.83. The van der Waals surface area contributed by atoms with Crippen molar-refractivity contribution >= 4 is 11.8 Å². The second kappa shape index (κ2) is 9.75. The summed E-state index contributed by atoms with van der Waals surface area (Å²) in [6.45, 7) is 6.27. The summed E-state index contributed by atoms with van der Waals surface area (Å²) in [5.41, 5.74) is -0.911. The fourth-order valence-electron chi connectivity index (χ4n) is 3.33. The molecule has 0 radical (unpaired) electrons. The van der Waals surface area contributed by atoms with E-state index in [1.54, 1.807) is 13.8 Å². The largest absolute Gasteiger partial charge is 0.416 e. The van der Waals surface area contributed by atoms with Crippen LogP contribution in [0.5, 0.6) is 0 Å². The number of benzene rings is 2. The minimum atomic E-state index is -4.53. The smallest absolute Gasteiger partial charge is 0.166 e. The van der Waals surface area contributed by atoms with Gasteiger partial charge in [0.15, 0.2) is 0 Å². The maximum atomic E-state index is 13.5. The van der Waals surface area contributed by atoms with Gasteiger partial charge in [-0.25, -0.2) is 0 Å². The van der Waals surface area contributed by atoms with E-state index in [0.717, 1.165) is 23.9 Å². The summed E-state index contributed by atoms with van der Waals surface area (Å²) in [5.74, 6) is 10.8. The standard InChI is InChI=1S/C24H20F6S/c1-5-9-17-15(7-3)19(23(25,26)27)11-13-21(17)31-22-14-12-20(24(28,29)30)16(8-4)18(22)10-6-2/h11-14H,7-8H2,1-4H3. The van der Waals surface area contributed by atoms with Crippen molar-refractivity contribution in [1.29, 1.82) is 0 Å². The number of hydrogen-bond acceptors (Lipinski definition) is 1. The molecule has 0 aliphatic heterocycles. The lowest BCUT2D eigenvalue weighted by Crippen LogP contribution is -2.11. The van der Waals surface area contributed by atoms with E-state index >= 15 is 0 Å². The normalized spacial score (nSPS) is 11.4. The first kappa shape index (κ1) is 24.8. The van der Waals surface area contributed by atoms with Gasteiger partial charge in [0.25, 0.3) is 0 Å². The topological polar surface area (TPSA) is 0 Å². The Balaban J connectivity index is 2.75. The maximum Gasteiger partial charge on any atom is 0.416 e. The Morgan fingerprint density at radius 2 is 1.03 bits per heavy atom. The van der Waals surface area contributed by atoms with Crippen molar-refractivity contribution < 1.29 is 26.3 Å². The fraction of sp³-hybridized carbons (Fsp3) is 0.333. The zero-order valence-corrected chi connectivity index (χ0v) is 18.2. The Bertz CT molecular complexity index is 998. The van der Waals surface area contributed by atoms with Crippen molar-refractivity contribution in [3.8, 4) is 23.7 Å². The third kappa shape index (κ3) is 5.40. The van der Waals surface area contributed by atoms with Crippen LogP contribution in [-0.2, 0) is 25.2 Å². The molecule has 0 bridgehead atoms. The summed E-state index contributed by atoms with van der Waals surface area (Å²) in [7, 11) is 0. The summed E-state index contributed by atoms with van der Waals surface area (Å²) in [5, 5.41) is 0. The lowest BCUT2D eigenvalue weighted by molar-refractivity contribution is -0.139. The van der Waals surface area contributed by atoms with Crippen molar-refractivity contribution in [2.45, 2.75) is 62.7 Å². The zero-order chi connectivity index (χ0) is 23.4. The minimum absolute atomic E-state index is 0.0672. The molecule has 0 heterocycles. The molecule has 0 aromatic heterocycles. The van der Waals surface area contributed by atoms with Crippen molar-refractivity contribution in [2.24, 2.45) is 0 Å². The highest BCUT2D eigenvalue weighted by Crippen LogP contribution is 2.42. The molecule has 0 nitrogen and oxygen atoms in total. The molecule has 0 aliphatic carbocycles. The van der Waals surface area contributed by atoms with Gasteiger partial charge >= 0.3 is 12.4 Å². The summed E-state index contributed by atoms with van der Waals surface area (Å²) >= 11 is 1.08. The molecule has 0 saturated carbocycles. The summed E-state index contributed by atoms with van der Waals surface area (Å²) < 4.78 is 80.7. The quantitative estimate of drug-likeness (QED) is 0.336. The minimum Gasteiger partial charge on any atom is -0.166 e. The van der Waals surface area contributed by atoms with Crippen LogP contribution in [-0.4, -0.2) is 0 Å². The van der Waals surface area contributed by atoms with Crippen LogP contribution in [0.4, 0.5) is 26.3 Å². The average molecular weight is 454 g/mol. The third-order valence-corrected chi connectivity index (χ3v) is 5.71. The monoisotopic (exact) mass is 454 g/mol. The predicted molar refractivity (Wildman–Crippen MR) is 111 cm³/mol. The van der Waals surface area contributed by atoms with Gasteiger partial charge < -0.3 is 0 Å². The first-order valence-corrected chi connectivity index (χ1v) is 10.3. The van der Waals surface area contributed by atoms with Crippen molar-refractivity contribution in [3.63, 3.8) is 0 Å². The SMILES string of the molecule is CC#Cc1c(Sc2ccc(C(F)(F)F)c(CC)c2C#CC)ccc(C(F)(F)F)c1CC. The van der Waals surface area contributed by atoms with Gasteiger partial charge in [-0.3, -0.25) is 0 Å². The average Bonchev–Trinajstić information content (AvgIpc) is 2.68. The third-order valence-electron chi connectivity index (χ3n) is 4.59. The molecule has 0 N–H and O–H groups in total. The van der Waals surface area contributed by atoms with E-state index in [1.165, 1.54) is 26.0 Å². The zero-order valence-electron chi connectivity index (χ0n) is 17.4. The first-order valence-electron chi connectivity index (χ1n) is 9.48. The lowest BCUT2D eigenvalue weighted by atomic mass is 9.98. The molecular weight excluding hydrogens is 434 g/mol. The van der Waals surface area contributed by atoms with Gasteiger partial charge in [0.1, 0.15) is 0 Å². The molecule has 0 spiro atoms. The fourth-order valence-corrected chi connectivity index (χ4v) is 4.39. The lowest BCUT2D eigenvalue weighted by Gasteiger charge is -2.19. The van der Waals surface area contributed by atoms with Gasteiger partial charge in [-0.1, -0.05) is 37.5 Å². The molecule has 2 rings (SSSR count). The van der Waals surface area contributed by atoms with Gasteiger partial charge in [0.05, 0.1) is 11.1 Å². The van der Waals surface area contributed by atoms with Crippen LogP contribution >= 0.6 is 11.8 Å². The molecule has 2 aromatic carbocycles. The van der Waals surface area contributed by atoms with Gasteiger partial charge in [-0.05, 0) is 62.1 Å². The molecule has 164 valence electrons. The Morgan fingerprint density at radius 1 is 0.677 bits per heavy atom. The van der Waals surface area contributed by atoms with E-state index < -0.39 is 23.5 Å². The molecule has 0 unspecified atom stereocenters. The van der Waals surface area contributed by atoms with Gasteiger partial charge in [-0.2, -0.15) is 26.3 Å². The van der Waals surface area contributed by atoms with E-state index in [1.807, 2.05) is 0 Å². The molecule has 0 saturated heterocycles. The predicted octanol–water partition coefficient (Wildman–Crippen LogP) is 7.74. The van der Waals surface area contributed by atoms with Crippen LogP contribution in [0.3, 0.4) is 0 Å². The first-order chi connectivity index (χ1) is 14.5. The van der Waals surface area contributed by atoms with Crippen molar-refractivity contribution in [1.82, 2.24) is 0 Å². The Kier molecular flexibility index (Phi) is 7.78. The Morgan fingerprint density at radius 3 is 1.29 bits per heavy atom. The molecule has 2 aromatic rings. The van der Waals surface area contributed by atoms with Crippen LogP contribution in [0, 0.1) is 23.7 Å². The van der Waals surface area contributed by atoms with E-state index in [4.69, 9.17) is 0 Å². The number of halogens is 6. The van der Waals surface area contributed by atoms with Crippen LogP contribution in [0.25, 0.3) is 0 Å². The molecule has 31 heavy (non-hydrogen) atoms. The van der Waals surface area contributed by atoms with Gasteiger partial charge in [0, 0.05) is 20.9 Å². The van der Waals surface area contributed by atoms with Gasteiger partial charge in [-0.15, -0.1) is 11.8 Å². The van der Waals surface area contributed by atoms with E-state index in [0.29, 0.717) is 9.79 Å². The summed E-state index contributed by atoms with van der Waals surface area (Å²) in [4.78, 5) is 0.889. The van der Waals surface area contributed by atoms with Crippen molar-refractivity contribution in [3.05, 3.63) is 57.6 Å². The van der Waals surface area contributed by atoms with Crippen molar-refractivity contribution in [2.75, 3.05) is 0 Å². The molecule has 0 aliphatic rings. The molecular formula is C24H20F6S. The van der Waals surface area contributed by atoms with E-state index in [-0.39, 0.29) is 35.1 Å². The van der Waals surface area contributed by atoms with Crippen LogP contribution in [0.2, 0.25) is 0 Å². The summed E-state index contributed by atoms with van der Waals surface area (Å²) in [6, 6.07) is 4.63. The second-order valence-electron chi connectivity index (χ2n) is 6.48. The molecule has 7 heteroatoms. The van der Waals surface area contributed by atoms with E-state index in [9.17, 15) is 26.3 Å². The molecule has 0 atom stereocenters. The van der Waals surface area contributed by atoms with E-state index in [2.05, 4.69) is 23.7 Å². The van der Waals surface area contributed by atoms with Crippen LogP contribution in [0.15, 0.2) is 34.1 Å². The molecule has 0 fully saturated rings. The van der Waals surface area contributed by atoms with Crippen LogP contribution in [0.1, 0.15) is 61.1 Å². The highest BCUT2D eigenvalue weighted by Gasteiger charge is 2.36. The van der Waals surface area contributed by atoms with Crippen LogP contribution < -0.4 is 0 Å². The number of hydrogen-bond donors (Lipinski definition) is 0. The highest BCUT2D eigenvalue weighted by molar-refractivity contribution is 7.99. The van der Waals surface area contributed by atoms with Gasteiger partial charge in [0.2, 0.25) is 0 Å². The Hall–Kier alpha value is -2.51.